The van der Waals surface area contributed by atoms with E-state index in [9.17, 15) is 14.7 Å². The second-order valence-electron chi connectivity index (χ2n) is 7.15. The van der Waals surface area contributed by atoms with E-state index in [1.165, 1.54) is 0 Å². The van der Waals surface area contributed by atoms with Crippen molar-refractivity contribution in [3.63, 3.8) is 0 Å². The van der Waals surface area contributed by atoms with Crippen LogP contribution in [0.2, 0.25) is 0 Å². The van der Waals surface area contributed by atoms with Crippen molar-refractivity contribution in [2.24, 2.45) is 11.3 Å². The molecule has 2 bridgehead atoms. The third kappa shape index (κ3) is 2.28. The summed E-state index contributed by atoms with van der Waals surface area (Å²) in [6.07, 6.45) is 1.96. The van der Waals surface area contributed by atoms with Gasteiger partial charge in [-0.25, -0.2) is 4.79 Å². The predicted molar refractivity (Wildman–Crippen MR) is 86.3 cm³/mol. The van der Waals surface area contributed by atoms with Gasteiger partial charge in [0.1, 0.15) is 6.61 Å². The van der Waals surface area contributed by atoms with E-state index in [1.807, 2.05) is 35.2 Å². The Labute approximate surface area is 140 Å². The van der Waals surface area contributed by atoms with Crippen LogP contribution in [-0.4, -0.2) is 47.2 Å². The van der Waals surface area contributed by atoms with E-state index in [2.05, 4.69) is 5.32 Å². The van der Waals surface area contributed by atoms with Crippen molar-refractivity contribution >= 4 is 12.1 Å². The van der Waals surface area contributed by atoms with Gasteiger partial charge in [0.05, 0.1) is 5.41 Å². The first kappa shape index (κ1) is 15.4. The van der Waals surface area contributed by atoms with Gasteiger partial charge in [-0.3, -0.25) is 4.79 Å². The fourth-order valence-electron chi connectivity index (χ4n) is 4.83. The largest absolute Gasteiger partial charge is 0.481 e. The molecule has 1 aromatic rings. The maximum Gasteiger partial charge on any atom is 0.410 e. The summed E-state index contributed by atoms with van der Waals surface area (Å²) in [6.45, 7) is 1.42. The first-order valence-electron chi connectivity index (χ1n) is 8.55. The van der Waals surface area contributed by atoms with Crippen LogP contribution in [0.3, 0.4) is 0 Å². The van der Waals surface area contributed by atoms with Gasteiger partial charge in [-0.2, -0.15) is 0 Å². The molecule has 1 amide bonds. The summed E-state index contributed by atoms with van der Waals surface area (Å²) < 4.78 is 5.51. The number of benzene rings is 1. The van der Waals surface area contributed by atoms with Gasteiger partial charge in [0.2, 0.25) is 0 Å². The lowest BCUT2D eigenvalue weighted by molar-refractivity contribution is -0.155. The van der Waals surface area contributed by atoms with Crippen LogP contribution in [0.4, 0.5) is 4.79 Å². The van der Waals surface area contributed by atoms with Crippen molar-refractivity contribution in [3.8, 4) is 0 Å². The molecule has 0 spiro atoms. The average Bonchev–Trinajstić information content (AvgIpc) is 3.16. The highest BCUT2D eigenvalue weighted by Gasteiger charge is 2.62. The Kier molecular flexibility index (Phi) is 3.72. The fraction of sp³-hybridized carbons (Fsp3) is 0.556. The highest BCUT2D eigenvalue weighted by atomic mass is 16.6. The van der Waals surface area contributed by atoms with Gasteiger partial charge in [0, 0.05) is 31.1 Å². The molecule has 0 aliphatic carbocycles. The number of piperidine rings is 1. The molecule has 6 nitrogen and oxygen atoms in total. The zero-order valence-corrected chi connectivity index (χ0v) is 13.5. The third-order valence-corrected chi connectivity index (χ3v) is 5.97. The molecule has 3 heterocycles. The van der Waals surface area contributed by atoms with Crippen LogP contribution < -0.4 is 5.32 Å². The zero-order chi connectivity index (χ0) is 16.7. The number of nitrogens with one attached hydrogen (secondary N) is 1. The molecule has 24 heavy (non-hydrogen) atoms. The third-order valence-electron chi connectivity index (χ3n) is 5.97. The van der Waals surface area contributed by atoms with Crippen molar-refractivity contribution in [3.05, 3.63) is 35.9 Å². The number of hydrogen-bond acceptors (Lipinski definition) is 4. The molecule has 6 heteroatoms. The van der Waals surface area contributed by atoms with Crippen LogP contribution in [0, 0.1) is 11.3 Å². The lowest BCUT2D eigenvalue weighted by Gasteiger charge is -2.45. The second-order valence-corrected chi connectivity index (χ2v) is 7.15. The Morgan fingerprint density at radius 3 is 2.83 bits per heavy atom. The van der Waals surface area contributed by atoms with Crippen LogP contribution in [0.15, 0.2) is 30.3 Å². The topological polar surface area (TPSA) is 78.9 Å². The minimum absolute atomic E-state index is 0.0227. The molecule has 4 unspecified atom stereocenters. The van der Waals surface area contributed by atoms with Crippen molar-refractivity contribution in [1.82, 2.24) is 10.2 Å². The summed E-state index contributed by atoms with van der Waals surface area (Å²) in [5, 5.41) is 13.0. The molecular formula is C18H22N2O4. The van der Waals surface area contributed by atoms with Crippen LogP contribution in [0.1, 0.15) is 24.8 Å². The smallest absolute Gasteiger partial charge is 0.410 e. The highest BCUT2D eigenvalue weighted by Crippen LogP contribution is 2.51. The number of rotatable bonds is 3. The van der Waals surface area contributed by atoms with E-state index < -0.39 is 11.4 Å². The Morgan fingerprint density at radius 2 is 2.08 bits per heavy atom. The number of aliphatic carboxylic acids is 1. The molecule has 3 fully saturated rings. The van der Waals surface area contributed by atoms with Gasteiger partial charge in [-0.15, -0.1) is 0 Å². The van der Waals surface area contributed by atoms with E-state index in [1.54, 1.807) is 0 Å². The molecule has 1 aromatic carbocycles. The van der Waals surface area contributed by atoms with E-state index in [0.29, 0.717) is 19.5 Å². The molecule has 0 aromatic heterocycles. The summed E-state index contributed by atoms with van der Waals surface area (Å²) in [7, 11) is 0. The van der Waals surface area contributed by atoms with Crippen LogP contribution >= 0.6 is 0 Å². The molecule has 3 aliphatic rings. The highest BCUT2D eigenvalue weighted by molar-refractivity contribution is 5.78. The van der Waals surface area contributed by atoms with E-state index in [-0.39, 0.29) is 30.7 Å². The lowest BCUT2D eigenvalue weighted by atomic mass is 9.69. The van der Waals surface area contributed by atoms with E-state index in [4.69, 9.17) is 4.74 Å². The number of fused-ring (bicyclic) bond motifs is 4. The minimum Gasteiger partial charge on any atom is -0.481 e. The Bertz CT molecular complexity index is 650. The van der Waals surface area contributed by atoms with E-state index >= 15 is 0 Å². The summed E-state index contributed by atoms with van der Waals surface area (Å²) in [5.41, 5.74) is 0.236. The maximum absolute atomic E-state index is 12.6. The van der Waals surface area contributed by atoms with E-state index in [0.717, 1.165) is 18.4 Å². The number of amides is 1. The van der Waals surface area contributed by atoms with Gasteiger partial charge in [-0.1, -0.05) is 30.3 Å². The summed E-state index contributed by atoms with van der Waals surface area (Å²) in [5.74, 6) is -0.760. The SMILES string of the molecule is O=C(OCc1ccccc1)N1C2CCC1C1CNCC1(C(=O)O)C2. The number of carboxylic acid groups (broad SMARTS) is 1. The summed E-state index contributed by atoms with van der Waals surface area (Å²) in [4.78, 5) is 26.3. The monoisotopic (exact) mass is 330 g/mol. The number of carbonyl (C=O) groups excluding carboxylic acids is 1. The molecule has 0 radical (unpaired) electrons. The lowest BCUT2D eigenvalue weighted by Crippen LogP contribution is -2.58. The van der Waals surface area contributed by atoms with Gasteiger partial charge in [0.15, 0.2) is 0 Å². The van der Waals surface area contributed by atoms with Crippen molar-refractivity contribution in [1.29, 1.82) is 0 Å². The standard InChI is InChI=1S/C18H22N2O4/c21-16(22)18-8-13-6-7-15(14(18)9-19-11-18)20(13)17(23)24-10-12-4-2-1-3-5-12/h1-5,13-15,19H,6-11H2,(H,21,22). The quantitative estimate of drug-likeness (QED) is 0.884. The number of ether oxygens (including phenoxy) is 1. The molecule has 4 rings (SSSR count). The summed E-state index contributed by atoms with van der Waals surface area (Å²) >= 11 is 0. The maximum atomic E-state index is 12.6. The van der Waals surface area contributed by atoms with Gasteiger partial charge < -0.3 is 20.1 Å². The summed E-state index contributed by atoms with van der Waals surface area (Å²) in [6, 6.07) is 9.55. The Morgan fingerprint density at radius 1 is 1.29 bits per heavy atom. The average molecular weight is 330 g/mol. The Balaban J connectivity index is 1.49. The van der Waals surface area contributed by atoms with Crippen molar-refractivity contribution in [2.75, 3.05) is 13.1 Å². The second kappa shape index (κ2) is 5.77. The van der Waals surface area contributed by atoms with Crippen molar-refractivity contribution < 1.29 is 19.4 Å². The van der Waals surface area contributed by atoms with Crippen LogP contribution in [-0.2, 0) is 16.1 Å². The normalized spacial score (nSPS) is 34.0. The fourth-order valence-corrected chi connectivity index (χ4v) is 4.83. The molecule has 2 N–H and O–H groups in total. The number of nitrogens with zero attached hydrogens (tertiary/aromatic N) is 1. The van der Waals surface area contributed by atoms with Gasteiger partial charge in [0.25, 0.3) is 0 Å². The number of hydrogen-bond donors (Lipinski definition) is 2. The molecular weight excluding hydrogens is 308 g/mol. The van der Waals surface area contributed by atoms with Crippen LogP contribution in [0.25, 0.3) is 0 Å². The molecule has 3 aliphatic heterocycles. The molecule has 4 atom stereocenters. The number of carboxylic acids is 1. The predicted octanol–water partition coefficient (Wildman–Crippen LogP) is 1.85. The first-order valence-corrected chi connectivity index (χ1v) is 8.55. The molecule has 3 saturated heterocycles. The Hall–Kier alpha value is -2.08. The van der Waals surface area contributed by atoms with Crippen LogP contribution in [0.5, 0.6) is 0 Å². The number of carbonyl (C=O) groups is 2. The van der Waals surface area contributed by atoms with Gasteiger partial charge >= 0.3 is 12.1 Å². The molecule has 128 valence electrons. The molecule has 0 saturated carbocycles. The van der Waals surface area contributed by atoms with Gasteiger partial charge in [-0.05, 0) is 24.8 Å². The zero-order valence-electron chi connectivity index (χ0n) is 13.5. The first-order chi connectivity index (χ1) is 11.6. The van der Waals surface area contributed by atoms with Crippen molar-refractivity contribution in [2.45, 2.75) is 38.0 Å². The minimum atomic E-state index is -0.730.